The number of benzene rings is 1. The summed E-state index contributed by atoms with van der Waals surface area (Å²) in [4.78, 5) is -0.0666. The highest BCUT2D eigenvalue weighted by Gasteiger charge is 2.06. The van der Waals surface area contributed by atoms with Crippen molar-refractivity contribution >= 4 is 10.1 Å². The zero-order valence-electron chi connectivity index (χ0n) is 10.3. The number of hydrazine groups is 1. The number of hydrogen-bond donors (Lipinski definition) is 3. The first-order valence-electron chi connectivity index (χ1n) is 5.25. The van der Waals surface area contributed by atoms with Crippen molar-refractivity contribution in [2.24, 2.45) is 11.8 Å². The van der Waals surface area contributed by atoms with E-state index in [2.05, 4.69) is 19.3 Å². The minimum Gasteiger partial charge on any atom is -0.282 e. The molecule has 0 aliphatic carbocycles. The van der Waals surface area contributed by atoms with Gasteiger partial charge in [-0.25, -0.2) is 0 Å². The second-order valence-corrected chi connectivity index (χ2v) is 5.51. The minimum atomic E-state index is -4.02. The molecule has 0 bridgehead atoms. The van der Waals surface area contributed by atoms with Gasteiger partial charge in [-0.2, -0.15) is 8.42 Å². The molecule has 1 aromatic carbocycles. The Balaban J connectivity index is 0.000000366. The van der Waals surface area contributed by atoms with Crippen LogP contribution in [0, 0.1) is 12.8 Å². The molecule has 0 unspecified atom stereocenters. The molecule has 0 saturated heterocycles. The minimum absolute atomic E-state index is 0.0666. The van der Waals surface area contributed by atoms with E-state index >= 15 is 0 Å². The van der Waals surface area contributed by atoms with Crippen LogP contribution in [0.5, 0.6) is 0 Å². The lowest BCUT2D eigenvalue weighted by Crippen LogP contribution is -2.26. The van der Waals surface area contributed by atoms with Gasteiger partial charge in [-0.3, -0.25) is 15.8 Å². The van der Waals surface area contributed by atoms with E-state index in [0.29, 0.717) is 5.92 Å². The fourth-order valence-electron chi connectivity index (χ4n) is 0.946. The predicted molar refractivity (Wildman–Crippen MR) is 68.0 cm³/mol. The number of hydrogen-bond acceptors (Lipinski definition) is 4. The highest BCUT2D eigenvalue weighted by atomic mass is 32.2. The lowest BCUT2D eigenvalue weighted by atomic mass is 10.2. The lowest BCUT2D eigenvalue weighted by Gasteiger charge is -1.98. The first-order chi connectivity index (χ1) is 7.77. The summed E-state index contributed by atoms with van der Waals surface area (Å²) in [7, 11) is -4.02. The van der Waals surface area contributed by atoms with E-state index in [-0.39, 0.29) is 4.90 Å². The number of aryl methyl sites for hydroxylation is 1. The van der Waals surface area contributed by atoms with Crippen molar-refractivity contribution in [3.63, 3.8) is 0 Å². The van der Waals surface area contributed by atoms with Gasteiger partial charge in [0.05, 0.1) is 4.90 Å². The van der Waals surface area contributed by atoms with Crippen LogP contribution in [0.1, 0.15) is 19.4 Å². The van der Waals surface area contributed by atoms with Crippen LogP contribution in [0.3, 0.4) is 0 Å². The summed E-state index contributed by atoms with van der Waals surface area (Å²) in [6, 6.07) is 5.99. The summed E-state index contributed by atoms with van der Waals surface area (Å²) in [5.74, 6) is 5.64. The summed E-state index contributed by atoms with van der Waals surface area (Å²) >= 11 is 0. The van der Waals surface area contributed by atoms with E-state index in [4.69, 9.17) is 10.4 Å². The van der Waals surface area contributed by atoms with Gasteiger partial charge < -0.3 is 0 Å². The van der Waals surface area contributed by atoms with Crippen molar-refractivity contribution in [2.75, 3.05) is 6.54 Å². The molecule has 4 N–H and O–H groups in total. The van der Waals surface area contributed by atoms with Crippen LogP contribution in [0.15, 0.2) is 29.2 Å². The molecule has 0 aliphatic heterocycles. The molecule has 98 valence electrons. The molecule has 0 aliphatic rings. The topological polar surface area (TPSA) is 92.4 Å². The largest absolute Gasteiger partial charge is 0.294 e. The van der Waals surface area contributed by atoms with Crippen molar-refractivity contribution in [3.8, 4) is 0 Å². The van der Waals surface area contributed by atoms with Crippen molar-refractivity contribution in [1.82, 2.24) is 5.43 Å². The molecule has 0 aromatic heterocycles. The van der Waals surface area contributed by atoms with Crippen molar-refractivity contribution in [2.45, 2.75) is 25.7 Å². The van der Waals surface area contributed by atoms with Crippen molar-refractivity contribution in [3.05, 3.63) is 29.8 Å². The Labute approximate surface area is 103 Å². The Hall–Kier alpha value is -0.950. The Morgan fingerprint density at radius 2 is 1.76 bits per heavy atom. The summed E-state index contributed by atoms with van der Waals surface area (Å²) in [5, 5.41) is 0. The fourth-order valence-corrected chi connectivity index (χ4v) is 1.43. The lowest BCUT2D eigenvalue weighted by molar-refractivity contribution is 0.483. The van der Waals surface area contributed by atoms with Crippen molar-refractivity contribution < 1.29 is 13.0 Å². The molecule has 0 radical (unpaired) electrons. The number of nitrogens with one attached hydrogen (secondary N) is 1. The molecular formula is C11H20N2O3S. The molecule has 0 heterocycles. The zero-order chi connectivity index (χ0) is 13.5. The standard InChI is InChI=1S/C7H8O3S.C4H12N2/c1-6-2-4-7(5-3-6)11(8,9)10;1-4(2)3-6-5/h2-5H,1H3,(H,8,9,10);4,6H,3,5H2,1-2H3. The summed E-state index contributed by atoms with van der Waals surface area (Å²) in [5.41, 5.74) is 3.52. The predicted octanol–water partition coefficient (Wildman–Crippen LogP) is 1.35. The van der Waals surface area contributed by atoms with E-state index in [9.17, 15) is 8.42 Å². The molecular weight excluding hydrogens is 240 g/mol. The van der Waals surface area contributed by atoms with E-state index in [0.717, 1.165) is 12.1 Å². The Bertz CT molecular complexity index is 413. The quantitative estimate of drug-likeness (QED) is 0.433. The molecule has 17 heavy (non-hydrogen) atoms. The fraction of sp³-hybridized carbons (Fsp3) is 0.455. The van der Waals surface area contributed by atoms with E-state index in [1.165, 1.54) is 12.1 Å². The van der Waals surface area contributed by atoms with Crippen LogP contribution in [-0.2, 0) is 10.1 Å². The van der Waals surface area contributed by atoms with E-state index in [1.54, 1.807) is 12.1 Å². The number of nitrogens with two attached hydrogens (primary N) is 1. The SMILES string of the molecule is CC(C)CNN.Cc1ccc(S(=O)(=O)O)cc1. The van der Waals surface area contributed by atoms with Gasteiger partial charge >= 0.3 is 0 Å². The zero-order valence-corrected chi connectivity index (χ0v) is 11.2. The van der Waals surface area contributed by atoms with Gasteiger partial charge in [0.25, 0.3) is 10.1 Å². The molecule has 0 amide bonds. The highest BCUT2D eigenvalue weighted by Crippen LogP contribution is 2.08. The van der Waals surface area contributed by atoms with Crippen LogP contribution in [0.4, 0.5) is 0 Å². The summed E-state index contributed by atoms with van der Waals surface area (Å²) < 4.78 is 29.6. The molecule has 0 atom stereocenters. The third-order valence-electron chi connectivity index (χ3n) is 1.84. The average molecular weight is 260 g/mol. The third kappa shape index (κ3) is 7.87. The molecule has 0 spiro atoms. The second kappa shape index (κ2) is 7.39. The molecule has 5 nitrogen and oxygen atoms in total. The number of rotatable bonds is 3. The molecule has 6 heteroatoms. The average Bonchev–Trinajstić information content (AvgIpc) is 2.17. The first kappa shape index (κ1) is 16.1. The smallest absolute Gasteiger partial charge is 0.282 e. The summed E-state index contributed by atoms with van der Waals surface area (Å²) in [6.45, 7) is 6.97. The van der Waals surface area contributed by atoms with E-state index < -0.39 is 10.1 Å². The monoisotopic (exact) mass is 260 g/mol. The van der Waals surface area contributed by atoms with Gasteiger partial charge in [0.1, 0.15) is 0 Å². The maximum Gasteiger partial charge on any atom is 0.294 e. The highest BCUT2D eigenvalue weighted by molar-refractivity contribution is 7.85. The second-order valence-electron chi connectivity index (χ2n) is 4.09. The van der Waals surface area contributed by atoms with Crippen molar-refractivity contribution in [1.29, 1.82) is 0 Å². The Morgan fingerprint density at radius 3 is 2.00 bits per heavy atom. The van der Waals surface area contributed by atoms with E-state index in [1.807, 2.05) is 6.92 Å². The van der Waals surface area contributed by atoms with Crippen LogP contribution in [0.25, 0.3) is 0 Å². The van der Waals surface area contributed by atoms with Crippen LogP contribution >= 0.6 is 0 Å². The Kier molecular flexibility index (Phi) is 6.98. The van der Waals surface area contributed by atoms with Crippen LogP contribution in [0.2, 0.25) is 0 Å². The van der Waals surface area contributed by atoms with Gasteiger partial charge in [-0.1, -0.05) is 31.5 Å². The molecule has 1 aromatic rings. The maximum absolute atomic E-state index is 10.5. The molecule has 0 saturated carbocycles. The third-order valence-corrected chi connectivity index (χ3v) is 2.71. The normalized spacial score (nSPS) is 10.9. The molecule has 1 rings (SSSR count). The van der Waals surface area contributed by atoms with Gasteiger partial charge in [-0.15, -0.1) is 0 Å². The van der Waals surface area contributed by atoms with Gasteiger partial charge in [0.15, 0.2) is 0 Å². The van der Waals surface area contributed by atoms with Gasteiger partial charge in [0.2, 0.25) is 0 Å². The van der Waals surface area contributed by atoms with Gasteiger partial charge in [0, 0.05) is 6.54 Å². The summed E-state index contributed by atoms with van der Waals surface area (Å²) in [6.07, 6.45) is 0. The Morgan fingerprint density at radius 1 is 1.29 bits per heavy atom. The van der Waals surface area contributed by atoms with Gasteiger partial charge in [-0.05, 0) is 25.0 Å². The van der Waals surface area contributed by atoms with Crippen LogP contribution in [-0.4, -0.2) is 19.5 Å². The van der Waals surface area contributed by atoms with Crippen LogP contribution < -0.4 is 11.3 Å². The first-order valence-corrected chi connectivity index (χ1v) is 6.69. The molecule has 0 fully saturated rings. The maximum atomic E-state index is 10.5.